The average Bonchev–Trinajstić information content (AvgIpc) is 2.90. The van der Waals surface area contributed by atoms with Crippen LogP contribution >= 0.6 is 0 Å². The number of carbonyl (C=O) groups is 1. The summed E-state index contributed by atoms with van der Waals surface area (Å²) in [6.07, 6.45) is -3.48. The minimum atomic E-state index is -4.68. The van der Waals surface area contributed by atoms with Gasteiger partial charge >= 0.3 is 6.18 Å². The first kappa shape index (κ1) is 19.0. The topological polar surface area (TPSA) is 71.2 Å². The number of H-pyrrole nitrogens is 1. The molecule has 5 nitrogen and oxygen atoms in total. The van der Waals surface area contributed by atoms with E-state index in [0.29, 0.717) is 18.2 Å². The number of amides is 1. The first-order valence-corrected chi connectivity index (χ1v) is 8.59. The van der Waals surface area contributed by atoms with E-state index < -0.39 is 29.4 Å². The van der Waals surface area contributed by atoms with Crippen LogP contribution in [0.4, 0.5) is 13.2 Å². The molecule has 0 fully saturated rings. The number of halogens is 3. The van der Waals surface area contributed by atoms with Gasteiger partial charge in [0.1, 0.15) is 23.1 Å². The molecule has 1 amide bonds. The first-order valence-electron chi connectivity index (χ1n) is 8.59. The summed E-state index contributed by atoms with van der Waals surface area (Å²) in [5, 5.41) is 2.74. The van der Waals surface area contributed by atoms with Crippen molar-refractivity contribution in [2.45, 2.75) is 45.0 Å². The van der Waals surface area contributed by atoms with E-state index in [1.54, 1.807) is 4.98 Å². The number of carbonyl (C=O) groups excluding carboxylic acids is 1. The number of hydrogen-bond acceptors (Lipinski definition) is 3. The normalized spacial score (nSPS) is 18.7. The van der Waals surface area contributed by atoms with Crippen molar-refractivity contribution in [3.05, 3.63) is 63.1 Å². The Labute approximate surface area is 153 Å². The predicted octanol–water partition coefficient (Wildman–Crippen LogP) is 3.73. The highest BCUT2D eigenvalue weighted by Crippen LogP contribution is 2.39. The van der Waals surface area contributed by atoms with Crippen LogP contribution in [0.2, 0.25) is 0 Å². The number of benzene rings is 1. The fourth-order valence-corrected chi connectivity index (χ4v) is 3.15. The Kier molecular flexibility index (Phi) is 4.99. The molecule has 27 heavy (non-hydrogen) atoms. The van der Waals surface area contributed by atoms with E-state index in [1.165, 1.54) is 0 Å². The zero-order valence-electron chi connectivity index (χ0n) is 14.8. The number of alkyl halides is 3. The SMILES string of the molecule is CCCC1Oc2cc(C)ccc2[C@@H]1NC(=O)c1ccc(C(F)(F)F)[nH]c1=O. The summed E-state index contributed by atoms with van der Waals surface area (Å²) >= 11 is 0. The van der Waals surface area contributed by atoms with Crippen molar-refractivity contribution in [1.82, 2.24) is 10.3 Å². The molecule has 3 rings (SSSR count). The minimum absolute atomic E-state index is 0.302. The summed E-state index contributed by atoms with van der Waals surface area (Å²) in [7, 11) is 0. The number of nitrogens with one attached hydrogen (secondary N) is 2. The molecule has 0 radical (unpaired) electrons. The van der Waals surface area contributed by atoms with Crippen LogP contribution in [0.15, 0.2) is 35.1 Å². The molecule has 8 heteroatoms. The zero-order chi connectivity index (χ0) is 19.8. The Morgan fingerprint density at radius 3 is 2.63 bits per heavy atom. The molecule has 0 spiro atoms. The number of aromatic nitrogens is 1. The molecule has 0 saturated heterocycles. The Hall–Kier alpha value is -2.77. The fraction of sp³-hybridized carbons (Fsp3) is 0.368. The molecule has 2 heterocycles. The van der Waals surface area contributed by atoms with E-state index in [2.05, 4.69) is 5.32 Å². The van der Waals surface area contributed by atoms with Gasteiger partial charge in [-0.05, 0) is 37.1 Å². The number of ether oxygens (including phenoxy) is 1. The second kappa shape index (κ2) is 7.09. The molecule has 1 aromatic carbocycles. The summed E-state index contributed by atoms with van der Waals surface area (Å²) < 4.78 is 43.9. The molecule has 1 aliphatic heterocycles. The largest absolute Gasteiger partial charge is 0.488 e. The summed E-state index contributed by atoms with van der Waals surface area (Å²) in [5.41, 5.74) is -0.861. The molecule has 1 unspecified atom stereocenters. The van der Waals surface area contributed by atoms with Crippen LogP contribution in [-0.2, 0) is 6.18 Å². The predicted molar refractivity (Wildman–Crippen MR) is 92.8 cm³/mol. The van der Waals surface area contributed by atoms with Crippen molar-refractivity contribution in [1.29, 1.82) is 0 Å². The van der Waals surface area contributed by atoms with E-state index in [4.69, 9.17) is 4.74 Å². The average molecular weight is 380 g/mol. The molecule has 1 aromatic heterocycles. The maximum Gasteiger partial charge on any atom is 0.431 e. The van der Waals surface area contributed by atoms with Crippen LogP contribution in [0.1, 0.15) is 53.0 Å². The van der Waals surface area contributed by atoms with Crippen LogP contribution in [0, 0.1) is 6.92 Å². The lowest BCUT2D eigenvalue weighted by Crippen LogP contribution is -2.38. The minimum Gasteiger partial charge on any atom is -0.488 e. The maximum atomic E-state index is 12.7. The summed E-state index contributed by atoms with van der Waals surface area (Å²) in [6.45, 7) is 3.91. The van der Waals surface area contributed by atoms with Gasteiger partial charge in [0.2, 0.25) is 0 Å². The van der Waals surface area contributed by atoms with Crippen LogP contribution in [0.25, 0.3) is 0 Å². The van der Waals surface area contributed by atoms with Gasteiger partial charge in [0.25, 0.3) is 11.5 Å². The molecule has 144 valence electrons. The summed E-state index contributed by atoms with van der Waals surface area (Å²) in [6, 6.07) is 6.70. The Bertz CT molecular complexity index is 921. The smallest absolute Gasteiger partial charge is 0.431 e. The Balaban J connectivity index is 1.87. The maximum absolute atomic E-state index is 12.7. The number of fused-ring (bicyclic) bond motifs is 1. The Morgan fingerprint density at radius 1 is 1.26 bits per heavy atom. The number of rotatable bonds is 4. The van der Waals surface area contributed by atoms with Gasteiger partial charge in [-0.3, -0.25) is 9.59 Å². The van der Waals surface area contributed by atoms with Crippen LogP contribution in [0.3, 0.4) is 0 Å². The van der Waals surface area contributed by atoms with Crippen LogP contribution in [-0.4, -0.2) is 17.0 Å². The third kappa shape index (κ3) is 3.84. The van der Waals surface area contributed by atoms with Crippen molar-refractivity contribution >= 4 is 5.91 Å². The van der Waals surface area contributed by atoms with E-state index >= 15 is 0 Å². The molecular formula is C19H19F3N2O3. The van der Waals surface area contributed by atoms with Gasteiger partial charge < -0.3 is 15.0 Å². The number of pyridine rings is 1. The lowest BCUT2D eigenvalue weighted by atomic mass is 9.99. The number of aryl methyl sites for hydroxylation is 1. The molecule has 2 aromatic rings. The second-order valence-electron chi connectivity index (χ2n) is 6.55. The van der Waals surface area contributed by atoms with Crippen molar-refractivity contribution in [2.75, 3.05) is 0 Å². The quantitative estimate of drug-likeness (QED) is 0.849. The van der Waals surface area contributed by atoms with Gasteiger partial charge in [-0.15, -0.1) is 0 Å². The lowest BCUT2D eigenvalue weighted by molar-refractivity contribution is -0.141. The lowest BCUT2D eigenvalue weighted by Gasteiger charge is -2.20. The highest BCUT2D eigenvalue weighted by Gasteiger charge is 2.36. The second-order valence-corrected chi connectivity index (χ2v) is 6.55. The number of hydrogen-bond donors (Lipinski definition) is 2. The van der Waals surface area contributed by atoms with Crippen LogP contribution in [0.5, 0.6) is 5.75 Å². The van der Waals surface area contributed by atoms with Crippen molar-refractivity contribution in [3.8, 4) is 5.75 Å². The highest BCUT2D eigenvalue weighted by molar-refractivity contribution is 5.94. The van der Waals surface area contributed by atoms with Gasteiger partial charge in [0, 0.05) is 5.56 Å². The summed E-state index contributed by atoms with van der Waals surface area (Å²) in [5.74, 6) is -0.0758. The van der Waals surface area contributed by atoms with Crippen LogP contribution < -0.4 is 15.6 Å². The number of aromatic amines is 1. The highest BCUT2D eigenvalue weighted by atomic mass is 19.4. The van der Waals surface area contributed by atoms with Gasteiger partial charge in [-0.1, -0.05) is 25.5 Å². The molecule has 0 bridgehead atoms. The summed E-state index contributed by atoms with van der Waals surface area (Å²) in [4.78, 5) is 26.2. The standard InChI is InChI=1S/C19H19F3N2O3/c1-3-4-13-16(11-6-5-10(2)9-14(11)27-13)24-18(26)12-7-8-15(19(20,21)22)23-17(12)25/h5-9,13,16H,3-4H2,1-2H3,(H,23,25)(H,24,26)/t13?,16-/m0/s1. The molecule has 2 N–H and O–H groups in total. The van der Waals surface area contributed by atoms with E-state index in [9.17, 15) is 22.8 Å². The van der Waals surface area contributed by atoms with E-state index in [1.807, 2.05) is 32.0 Å². The van der Waals surface area contributed by atoms with Crippen molar-refractivity contribution < 1.29 is 22.7 Å². The molecular weight excluding hydrogens is 361 g/mol. The van der Waals surface area contributed by atoms with Crippen molar-refractivity contribution in [2.24, 2.45) is 0 Å². The zero-order valence-corrected chi connectivity index (χ0v) is 14.8. The molecule has 1 aliphatic rings. The third-order valence-corrected chi connectivity index (χ3v) is 4.47. The van der Waals surface area contributed by atoms with Gasteiger partial charge in [-0.2, -0.15) is 13.2 Å². The molecule has 0 saturated carbocycles. The molecule has 0 aliphatic carbocycles. The van der Waals surface area contributed by atoms with E-state index in [0.717, 1.165) is 23.6 Å². The fourth-order valence-electron chi connectivity index (χ4n) is 3.15. The van der Waals surface area contributed by atoms with Crippen molar-refractivity contribution in [3.63, 3.8) is 0 Å². The van der Waals surface area contributed by atoms with Gasteiger partial charge in [0.05, 0.1) is 6.04 Å². The van der Waals surface area contributed by atoms with Gasteiger partial charge in [0.15, 0.2) is 0 Å². The van der Waals surface area contributed by atoms with E-state index in [-0.39, 0.29) is 11.7 Å². The van der Waals surface area contributed by atoms with Gasteiger partial charge in [-0.25, -0.2) is 0 Å². The first-order chi connectivity index (χ1) is 12.7. The Morgan fingerprint density at radius 2 is 2.00 bits per heavy atom. The molecule has 2 atom stereocenters. The monoisotopic (exact) mass is 380 g/mol. The third-order valence-electron chi connectivity index (χ3n) is 4.47.